The van der Waals surface area contributed by atoms with Gasteiger partial charge in [0, 0.05) is 15.1 Å². The number of carbonyl (C=O) groups is 1. The first kappa shape index (κ1) is 16.0. The summed E-state index contributed by atoms with van der Waals surface area (Å²) in [5, 5.41) is 5.58. The molecule has 0 radical (unpaired) electrons. The van der Waals surface area contributed by atoms with Gasteiger partial charge in [0.05, 0.1) is 5.69 Å². The van der Waals surface area contributed by atoms with Crippen LogP contribution in [-0.2, 0) is 4.79 Å². The molecule has 0 unspecified atom stereocenters. The van der Waals surface area contributed by atoms with Gasteiger partial charge in [-0.3, -0.25) is 4.79 Å². The predicted molar refractivity (Wildman–Crippen MR) is 89.4 cm³/mol. The molecule has 1 amide bonds. The summed E-state index contributed by atoms with van der Waals surface area (Å²) in [5.41, 5.74) is 1.81. The zero-order chi connectivity index (χ0) is 15.2. The van der Waals surface area contributed by atoms with Crippen molar-refractivity contribution in [1.29, 1.82) is 0 Å². The van der Waals surface area contributed by atoms with Crippen molar-refractivity contribution in [2.45, 2.75) is 13.0 Å². The Kier molecular flexibility index (Phi) is 5.79. The summed E-state index contributed by atoms with van der Waals surface area (Å²) in [4.78, 5) is 12.0. The highest BCUT2D eigenvalue weighted by atomic mass is 79.9. The number of carbonyl (C=O) groups excluding carboxylic acids is 1. The summed E-state index contributed by atoms with van der Waals surface area (Å²) in [7, 11) is 0. The van der Waals surface area contributed by atoms with Gasteiger partial charge in [-0.05, 0) is 41.1 Å². The lowest BCUT2D eigenvalue weighted by atomic mass is 10.1. The van der Waals surface area contributed by atoms with Crippen molar-refractivity contribution in [1.82, 2.24) is 0 Å². The molecule has 3 nitrogen and oxygen atoms in total. The fraction of sp³-hybridized carbons (Fsp3) is 0.188. The smallest absolute Gasteiger partial charge is 0.279 e. The number of hydrogen-bond acceptors (Lipinski definition) is 1. The third-order valence-electron chi connectivity index (χ3n) is 3.20. The minimum Gasteiger partial charge on any atom is -0.332 e. The van der Waals surface area contributed by atoms with Crippen LogP contribution >= 0.6 is 27.5 Å². The Hall–Kier alpha value is -1.36. The second-order valence-corrected chi connectivity index (χ2v) is 6.04. The number of halogens is 2. The van der Waals surface area contributed by atoms with Crippen molar-refractivity contribution < 1.29 is 10.1 Å². The lowest BCUT2D eigenvalue weighted by Gasteiger charge is -2.13. The van der Waals surface area contributed by atoms with Gasteiger partial charge in [-0.25, -0.2) is 0 Å². The Morgan fingerprint density at radius 3 is 2.62 bits per heavy atom. The van der Waals surface area contributed by atoms with Crippen molar-refractivity contribution in [3.05, 3.63) is 63.6 Å². The van der Waals surface area contributed by atoms with Crippen molar-refractivity contribution in [3.8, 4) is 0 Å². The summed E-state index contributed by atoms with van der Waals surface area (Å²) in [6.45, 7) is 2.38. The molecule has 2 aromatic carbocycles. The molecular formula is C16H17BrClN2O+. The number of para-hydroxylation sites is 1. The first-order valence-electron chi connectivity index (χ1n) is 6.70. The van der Waals surface area contributed by atoms with Gasteiger partial charge in [-0.2, -0.15) is 0 Å². The van der Waals surface area contributed by atoms with Gasteiger partial charge in [-0.15, -0.1) is 0 Å². The number of benzene rings is 2. The van der Waals surface area contributed by atoms with E-state index in [4.69, 9.17) is 11.6 Å². The number of nitrogens with one attached hydrogen (secondary N) is 1. The van der Waals surface area contributed by atoms with Crippen LogP contribution in [0, 0.1) is 0 Å². The van der Waals surface area contributed by atoms with Gasteiger partial charge < -0.3 is 10.6 Å². The van der Waals surface area contributed by atoms with E-state index in [0.29, 0.717) is 6.54 Å². The van der Waals surface area contributed by atoms with Gasteiger partial charge in [0.15, 0.2) is 6.54 Å². The number of rotatable bonds is 5. The number of quaternary nitrogens is 1. The monoisotopic (exact) mass is 367 g/mol. The van der Waals surface area contributed by atoms with Crippen LogP contribution < -0.4 is 10.6 Å². The number of hydrogen-bond donors (Lipinski definition) is 2. The molecule has 0 saturated heterocycles. The molecule has 2 rings (SSSR count). The van der Waals surface area contributed by atoms with E-state index in [1.165, 1.54) is 0 Å². The summed E-state index contributed by atoms with van der Waals surface area (Å²) >= 11 is 9.57. The van der Waals surface area contributed by atoms with Crippen molar-refractivity contribution in [2.75, 3.05) is 11.9 Å². The third-order valence-corrected chi connectivity index (χ3v) is 4.24. The Morgan fingerprint density at radius 1 is 1.24 bits per heavy atom. The van der Waals surface area contributed by atoms with E-state index in [1.807, 2.05) is 60.8 Å². The van der Waals surface area contributed by atoms with Crippen LogP contribution in [0.4, 0.5) is 5.69 Å². The maximum absolute atomic E-state index is 12.0. The maximum atomic E-state index is 12.0. The molecule has 21 heavy (non-hydrogen) atoms. The molecule has 0 saturated carbocycles. The molecule has 2 aromatic rings. The van der Waals surface area contributed by atoms with Crippen LogP contribution in [0.2, 0.25) is 5.02 Å². The Morgan fingerprint density at radius 2 is 1.90 bits per heavy atom. The fourth-order valence-corrected chi connectivity index (χ4v) is 2.71. The number of anilines is 1. The standard InChI is InChI=1S/C16H16BrClN2O/c1-11(12-6-2-4-8-14(12)18)19-10-16(21)20-15-9-5-3-7-13(15)17/h2-9,11,19H,10H2,1H3,(H,20,21)/p+1/t11-/m0/s1. The molecule has 0 aromatic heterocycles. The minimum atomic E-state index is -0.0409. The predicted octanol–water partition coefficient (Wildman–Crippen LogP) is 3.37. The van der Waals surface area contributed by atoms with Crippen molar-refractivity contribution in [3.63, 3.8) is 0 Å². The van der Waals surface area contributed by atoms with Crippen LogP contribution in [-0.4, -0.2) is 12.5 Å². The summed E-state index contributed by atoms with van der Waals surface area (Å²) in [6, 6.07) is 15.4. The van der Waals surface area contributed by atoms with E-state index in [2.05, 4.69) is 21.2 Å². The Labute approximate surface area is 137 Å². The molecule has 0 fully saturated rings. The average molecular weight is 369 g/mol. The van der Waals surface area contributed by atoms with Crippen LogP contribution in [0.1, 0.15) is 18.5 Å². The maximum Gasteiger partial charge on any atom is 0.279 e. The summed E-state index contributed by atoms with van der Waals surface area (Å²) in [6.07, 6.45) is 0. The quantitative estimate of drug-likeness (QED) is 0.835. The highest BCUT2D eigenvalue weighted by Gasteiger charge is 2.14. The molecular weight excluding hydrogens is 352 g/mol. The topological polar surface area (TPSA) is 45.7 Å². The van der Waals surface area contributed by atoms with E-state index in [9.17, 15) is 4.79 Å². The first-order valence-corrected chi connectivity index (χ1v) is 7.87. The van der Waals surface area contributed by atoms with Crippen molar-refractivity contribution >= 4 is 39.1 Å². The molecule has 0 bridgehead atoms. The van der Waals surface area contributed by atoms with E-state index in [0.717, 1.165) is 20.7 Å². The van der Waals surface area contributed by atoms with Crippen molar-refractivity contribution in [2.24, 2.45) is 0 Å². The van der Waals surface area contributed by atoms with E-state index < -0.39 is 0 Å². The molecule has 3 N–H and O–H groups in total. The molecule has 0 spiro atoms. The van der Waals surface area contributed by atoms with E-state index >= 15 is 0 Å². The van der Waals surface area contributed by atoms with E-state index in [-0.39, 0.29) is 11.9 Å². The van der Waals surface area contributed by atoms with Gasteiger partial charge >= 0.3 is 0 Å². The molecule has 1 atom stereocenters. The zero-order valence-corrected chi connectivity index (χ0v) is 14.0. The van der Waals surface area contributed by atoms with Crippen LogP contribution in [0.25, 0.3) is 0 Å². The van der Waals surface area contributed by atoms with Crippen LogP contribution in [0.3, 0.4) is 0 Å². The average Bonchev–Trinajstić information content (AvgIpc) is 2.48. The highest BCUT2D eigenvalue weighted by molar-refractivity contribution is 9.10. The second-order valence-electron chi connectivity index (χ2n) is 4.78. The molecule has 0 aliphatic carbocycles. The third kappa shape index (κ3) is 4.56. The van der Waals surface area contributed by atoms with Gasteiger partial charge in [0.25, 0.3) is 5.91 Å². The van der Waals surface area contributed by atoms with Crippen LogP contribution in [0.5, 0.6) is 0 Å². The first-order chi connectivity index (χ1) is 10.1. The molecule has 5 heteroatoms. The molecule has 110 valence electrons. The lowest BCUT2D eigenvalue weighted by Crippen LogP contribution is -2.86. The zero-order valence-electron chi connectivity index (χ0n) is 11.6. The normalized spacial score (nSPS) is 12.0. The van der Waals surface area contributed by atoms with Gasteiger partial charge in [-0.1, -0.05) is 41.9 Å². The number of nitrogens with two attached hydrogens (primary N) is 1. The van der Waals surface area contributed by atoms with Crippen LogP contribution in [0.15, 0.2) is 53.0 Å². The second kappa shape index (κ2) is 7.59. The highest BCUT2D eigenvalue weighted by Crippen LogP contribution is 2.21. The largest absolute Gasteiger partial charge is 0.332 e. The summed E-state index contributed by atoms with van der Waals surface area (Å²) < 4.78 is 0.873. The minimum absolute atomic E-state index is 0.0409. The molecule has 0 aliphatic rings. The summed E-state index contributed by atoms with van der Waals surface area (Å²) in [5.74, 6) is -0.0409. The van der Waals surface area contributed by atoms with Gasteiger partial charge in [0.1, 0.15) is 6.04 Å². The lowest BCUT2D eigenvalue weighted by molar-refractivity contribution is -0.682. The molecule has 0 heterocycles. The SMILES string of the molecule is C[C@H]([NH2+]CC(=O)Nc1ccccc1Br)c1ccccc1Cl. The Bertz CT molecular complexity index is 633. The van der Waals surface area contributed by atoms with E-state index in [1.54, 1.807) is 0 Å². The Balaban J connectivity index is 1.90. The van der Waals surface area contributed by atoms with Gasteiger partial charge in [0.2, 0.25) is 0 Å². The molecule has 0 aliphatic heterocycles. The number of amides is 1. The fourth-order valence-electron chi connectivity index (χ4n) is 2.02.